The Morgan fingerprint density at radius 1 is 1.14 bits per heavy atom. The number of amides is 1. The Morgan fingerprint density at radius 3 is 2.43 bits per heavy atom. The van der Waals surface area contributed by atoms with E-state index in [0.29, 0.717) is 6.42 Å². The monoisotopic (exact) mass is 289 g/mol. The Bertz CT molecular complexity index is 466. The lowest BCUT2D eigenvalue weighted by molar-refractivity contribution is -0.144. The fourth-order valence-corrected chi connectivity index (χ4v) is 2.90. The first-order valence-corrected chi connectivity index (χ1v) is 7.71. The molecule has 0 heterocycles. The van der Waals surface area contributed by atoms with Crippen molar-refractivity contribution in [3.63, 3.8) is 0 Å². The van der Waals surface area contributed by atoms with E-state index < -0.39 is 11.9 Å². The van der Waals surface area contributed by atoms with Crippen molar-refractivity contribution in [3.05, 3.63) is 35.9 Å². The van der Waals surface area contributed by atoms with Crippen LogP contribution in [0.3, 0.4) is 0 Å². The second-order valence-electron chi connectivity index (χ2n) is 5.83. The minimum Gasteiger partial charge on any atom is -0.481 e. The summed E-state index contributed by atoms with van der Waals surface area (Å²) in [7, 11) is 0. The number of carbonyl (C=O) groups is 2. The first-order chi connectivity index (χ1) is 10.1. The third-order valence-electron chi connectivity index (χ3n) is 4.08. The molecule has 1 saturated carbocycles. The van der Waals surface area contributed by atoms with Crippen LogP contribution in [0.2, 0.25) is 0 Å². The van der Waals surface area contributed by atoms with Crippen molar-refractivity contribution in [1.82, 2.24) is 5.32 Å². The minimum atomic E-state index is -0.905. The molecule has 0 radical (unpaired) electrons. The molecular weight excluding hydrogens is 266 g/mol. The summed E-state index contributed by atoms with van der Waals surface area (Å²) in [6.45, 7) is 0. The van der Waals surface area contributed by atoms with Gasteiger partial charge < -0.3 is 10.4 Å². The van der Waals surface area contributed by atoms with Crippen molar-refractivity contribution in [1.29, 1.82) is 0 Å². The zero-order valence-electron chi connectivity index (χ0n) is 12.3. The average molecular weight is 289 g/mol. The highest BCUT2D eigenvalue weighted by atomic mass is 16.4. The van der Waals surface area contributed by atoms with Gasteiger partial charge in [0.2, 0.25) is 5.91 Å². The molecule has 1 amide bonds. The molecule has 4 nitrogen and oxygen atoms in total. The Kier molecular flexibility index (Phi) is 5.78. The summed E-state index contributed by atoms with van der Waals surface area (Å²) in [5.74, 6) is -1.70. The maximum Gasteiger partial charge on any atom is 0.307 e. The number of carbonyl (C=O) groups excluding carboxylic acids is 1. The van der Waals surface area contributed by atoms with Crippen molar-refractivity contribution >= 4 is 11.9 Å². The molecule has 1 fully saturated rings. The molecule has 2 N–H and O–H groups in total. The van der Waals surface area contributed by atoms with E-state index in [1.165, 1.54) is 6.42 Å². The minimum absolute atomic E-state index is 0.0563. The van der Waals surface area contributed by atoms with Crippen molar-refractivity contribution in [2.75, 3.05) is 0 Å². The average Bonchev–Trinajstić information content (AvgIpc) is 2.48. The van der Waals surface area contributed by atoms with Gasteiger partial charge in [-0.1, -0.05) is 49.6 Å². The molecule has 1 unspecified atom stereocenters. The van der Waals surface area contributed by atoms with Gasteiger partial charge >= 0.3 is 5.97 Å². The molecule has 1 aliphatic rings. The highest BCUT2D eigenvalue weighted by Crippen LogP contribution is 2.18. The van der Waals surface area contributed by atoms with Crippen LogP contribution in [0.4, 0.5) is 0 Å². The summed E-state index contributed by atoms with van der Waals surface area (Å²) in [5.41, 5.74) is 0.954. The van der Waals surface area contributed by atoms with Gasteiger partial charge in [-0.2, -0.15) is 0 Å². The van der Waals surface area contributed by atoms with Gasteiger partial charge in [0, 0.05) is 12.5 Å². The predicted octanol–water partition coefficient (Wildman–Crippen LogP) is 2.77. The maximum atomic E-state index is 12.0. The van der Waals surface area contributed by atoms with Crippen LogP contribution >= 0.6 is 0 Å². The molecule has 0 saturated heterocycles. The molecule has 114 valence electrons. The lowest BCUT2D eigenvalue weighted by atomic mass is 9.93. The Hall–Kier alpha value is -1.84. The van der Waals surface area contributed by atoms with Crippen LogP contribution in [0.1, 0.15) is 44.1 Å². The first-order valence-electron chi connectivity index (χ1n) is 7.71. The van der Waals surface area contributed by atoms with Gasteiger partial charge in [0.1, 0.15) is 0 Å². The van der Waals surface area contributed by atoms with E-state index in [4.69, 9.17) is 0 Å². The van der Waals surface area contributed by atoms with Crippen LogP contribution in [0, 0.1) is 5.92 Å². The zero-order valence-corrected chi connectivity index (χ0v) is 12.3. The molecule has 1 aliphatic carbocycles. The lowest BCUT2D eigenvalue weighted by Crippen LogP contribution is -2.38. The number of rotatable bonds is 6. The quantitative estimate of drug-likeness (QED) is 0.846. The number of hydrogen-bond acceptors (Lipinski definition) is 2. The maximum absolute atomic E-state index is 12.0. The van der Waals surface area contributed by atoms with Gasteiger partial charge in [-0.05, 0) is 24.8 Å². The number of nitrogens with one attached hydrogen (secondary N) is 1. The lowest BCUT2D eigenvalue weighted by Gasteiger charge is -2.23. The molecule has 0 aliphatic heterocycles. The SMILES string of the molecule is O=C(CC(Cc1ccccc1)C(=O)O)NC1CCCCC1. The summed E-state index contributed by atoms with van der Waals surface area (Å²) >= 11 is 0. The van der Waals surface area contributed by atoms with Crippen LogP contribution < -0.4 is 5.32 Å². The van der Waals surface area contributed by atoms with Crippen molar-refractivity contribution in [3.8, 4) is 0 Å². The van der Waals surface area contributed by atoms with Gasteiger partial charge in [-0.3, -0.25) is 9.59 Å². The molecule has 0 bridgehead atoms. The summed E-state index contributed by atoms with van der Waals surface area (Å²) < 4.78 is 0. The van der Waals surface area contributed by atoms with Gasteiger partial charge in [0.05, 0.1) is 5.92 Å². The predicted molar refractivity (Wildman–Crippen MR) is 80.9 cm³/mol. The van der Waals surface area contributed by atoms with Gasteiger partial charge in [-0.15, -0.1) is 0 Å². The normalized spacial score (nSPS) is 17.1. The van der Waals surface area contributed by atoms with E-state index in [0.717, 1.165) is 31.2 Å². The molecule has 0 spiro atoms. The van der Waals surface area contributed by atoms with Crippen LogP contribution in [-0.2, 0) is 16.0 Å². The zero-order chi connectivity index (χ0) is 15.1. The van der Waals surface area contributed by atoms with Crippen molar-refractivity contribution in [2.45, 2.75) is 51.0 Å². The largest absolute Gasteiger partial charge is 0.481 e. The molecular formula is C17H23NO3. The van der Waals surface area contributed by atoms with E-state index in [9.17, 15) is 14.7 Å². The smallest absolute Gasteiger partial charge is 0.307 e. The van der Waals surface area contributed by atoms with Gasteiger partial charge in [-0.25, -0.2) is 0 Å². The highest BCUT2D eigenvalue weighted by Gasteiger charge is 2.23. The summed E-state index contributed by atoms with van der Waals surface area (Å²) in [6.07, 6.45) is 6.02. The van der Waals surface area contributed by atoms with Crippen molar-refractivity contribution in [2.24, 2.45) is 5.92 Å². The van der Waals surface area contributed by atoms with Gasteiger partial charge in [0.25, 0.3) is 0 Å². The molecule has 1 aromatic carbocycles. The Balaban J connectivity index is 1.86. The van der Waals surface area contributed by atoms with E-state index in [1.54, 1.807) is 0 Å². The number of benzene rings is 1. The van der Waals surface area contributed by atoms with E-state index in [1.807, 2.05) is 30.3 Å². The molecule has 4 heteroatoms. The number of hydrogen-bond donors (Lipinski definition) is 2. The molecule has 1 aromatic rings. The summed E-state index contributed by atoms with van der Waals surface area (Å²) in [4.78, 5) is 23.4. The standard InChI is InChI=1S/C17H23NO3/c19-16(18-15-9-5-2-6-10-15)12-14(17(20)21)11-13-7-3-1-4-8-13/h1,3-4,7-8,14-15H,2,5-6,9-12H2,(H,18,19)(H,20,21). The van der Waals surface area contributed by atoms with Crippen molar-refractivity contribution < 1.29 is 14.7 Å². The fourth-order valence-electron chi connectivity index (χ4n) is 2.90. The number of carboxylic acids is 1. The third-order valence-corrected chi connectivity index (χ3v) is 4.08. The van der Waals surface area contributed by atoms with E-state index in [-0.39, 0.29) is 18.4 Å². The van der Waals surface area contributed by atoms with Crippen LogP contribution in [0.25, 0.3) is 0 Å². The molecule has 2 rings (SSSR count). The second-order valence-corrected chi connectivity index (χ2v) is 5.83. The second kappa shape index (κ2) is 7.81. The van der Waals surface area contributed by atoms with Gasteiger partial charge in [0.15, 0.2) is 0 Å². The highest BCUT2D eigenvalue weighted by molar-refractivity contribution is 5.82. The Labute approximate surface area is 125 Å². The van der Waals surface area contributed by atoms with E-state index in [2.05, 4.69) is 5.32 Å². The van der Waals surface area contributed by atoms with Crippen LogP contribution in [0.5, 0.6) is 0 Å². The number of aliphatic carboxylic acids is 1. The fraction of sp³-hybridized carbons (Fsp3) is 0.529. The Morgan fingerprint density at radius 2 is 1.81 bits per heavy atom. The molecule has 21 heavy (non-hydrogen) atoms. The topological polar surface area (TPSA) is 66.4 Å². The third kappa shape index (κ3) is 5.21. The van der Waals surface area contributed by atoms with Crippen LogP contribution in [-0.4, -0.2) is 23.0 Å². The van der Waals surface area contributed by atoms with E-state index >= 15 is 0 Å². The summed E-state index contributed by atoms with van der Waals surface area (Å²) in [5, 5.41) is 12.3. The molecule has 1 atom stereocenters. The first kappa shape index (κ1) is 15.5. The molecule has 0 aromatic heterocycles. The summed E-state index contributed by atoms with van der Waals surface area (Å²) in [6, 6.07) is 9.70. The number of carboxylic acid groups (broad SMARTS) is 1. The van der Waals surface area contributed by atoms with Crippen LogP contribution in [0.15, 0.2) is 30.3 Å².